The van der Waals surface area contributed by atoms with Crippen molar-refractivity contribution in [1.29, 1.82) is 0 Å². The number of benzene rings is 1. The number of ether oxygens (including phenoxy) is 1. The van der Waals surface area contributed by atoms with Gasteiger partial charge in [0.25, 0.3) is 0 Å². The van der Waals surface area contributed by atoms with Crippen LogP contribution < -0.4 is 15.0 Å². The number of likely N-dealkylation sites (N-methyl/N-ethyl adjacent to an activating group) is 1. The molecule has 0 saturated carbocycles. The molecule has 2 saturated heterocycles. The van der Waals surface area contributed by atoms with E-state index in [1.807, 2.05) is 0 Å². The van der Waals surface area contributed by atoms with Gasteiger partial charge >= 0.3 is 0 Å². The number of likely N-dealkylation sites (tertiary alicyclic amines) is 1. The number of piperidine rings is 1. The van der Waals surface area contributed by atoms with Crippen LogP contribution in [0.15, 0.2) is 12.1 Å². The Hall–Kier alpha value is -2.16. The normalized spacial score (nSPS) is 19.1. The van der Waals surface area contributed by atoms with E-state index in [4.69, 9.17) is 14.7 Å². The van der Waals surface area contributed by atoms with Crippen LogP contribution in [0, 0.1) is 0 Å². The lowest BCUT2D eigenvalue weighted by Gasteiger charge is -2.30. The summed E-state index contributed by atoms with van der Waals surface area (Å²) in [5, 5.41) is 4.86. The molecule has 2 aliphatic heterocycles. The molecule has 0 atom stereocenters. The number of aryl methyl sites for hydroxylation is 1. The fourth-order valence-corrected chi connectivity index (χ4v) is 5.00. The van der Waals surface area contributed by atoms with E-state index in [0.717, 1.165) is 106 Å². The van der Waals surface area contributed by atoms with Gasteiger partial charge in [-0.2, -0.15) is 4.98 Å². The van der Waals surface area contributed by atoms with E-state index in [2.05, 4.69) is 65.2 Å². The van der Waals surface area contributed by atoms with Gasteiger partial charge in [-0.1, -0.05) is 0 Å². The molecule has 0 bridgehead atoms. The number of methoxy groups -OCH3 is 1. The Bertz CT molecular complexity index is 942. The number of nitrogens with one attached hydrogen (secondary N) is 1. The highest BCUT2D eigenvalue weighted by Crippen LogP contribution is 2.32. The van der Waals surface area contributed by atoms with Crippen molar-refractivity contribution in [1.82, 2.24) is 24.7 Å². The van der Waals surface area contributed by atoms with Crippen molar-refractivity contribution in [3.8, 4) is 5.75 Å². The van der Waals surface area contributed by atoms with Crippen molar-refractivity contribution < 1.29 is 4.74 Å². The average Bonchev–Trinajstić information content (AvgIpc) is 3.04. The highest BCUT2D eigenvalue weighted by molar-refractivity contribution is 5.92. The van der Waals surface area contributed by atoms with Crippen molar-refractivity contribution >= 4 is 22.7 Å². The summed E-state index contributed by atoms with van der Waals surface area (Å²) in [6.45, 7) is 7.41. The Morgan fingerprint density at radius 1 is 1.00 bits per heavy atom. The van der Waals surface area contributed by atoms with Crippen LogP contribution in [-0.4, -0.2) is 112 Å². The lowest BCUT2D eigenvalue weighted by Crippen LogP contribution is -2.37. The van der Waals surface area contributed by atoms with Gasteiger partial charge < -0.3 is 29.7 Å². The number of anilines is 2. The SMILES string of the molecule is COc1cc2c(NC3CCN(C)CC3)nc(N3CCCN(C)CC3)nc2cc1CCCN(C)C. The van der Waals surface area contributed by atoms with Gasteiger partial charge in [0.2, 0.25) is 5.95 Å². The van der Waals surface area contributed by atoms with Crippen LogP contribution in [0.25, 0.3) is 10.9 Å². The fourth-order valence-electron chi connectivity index (χ4n) is 5.00. The smallest absolute Gasteiger partial charge is 0.227 e. The number of nitrogens with zero attached hydrogens (tertiary/aromatic N) is 6. The Kier molecular flexibility index (Phi) is 8.45. The molecule has 2 aliphatic rings. The summed E-state index contributed by atoms with van der Waals surface area (Å²) in [6, 6.07) is 4.82. The van der Waals surface area contributed by atoms with Crippen LogP contribution in [0.1, 0.15) is 31.2 Å². The summed E-state index contributed by atoms with van der Waals surface area (Å²) >= 11 is 0. The third-order valence-electron chi connectivity index (χ3n) is 7.20. The summed E-state index contributed by atoms with van der Waals surface area (Å²) in [5.41, 5.74) is 2.24. The Morgan fingerprint density at radius 3 is 2.50 bits per heavy atom. The van der Waals surface area contributed by atoms with Gasteiger partial charge in [0, 0.05) is 31.1 Å². The van der Waals surface area contributed by atoms with Crippen molar-refractivity contribution in [2.45, 2.75) is 38.1 Å². The van der Waals surface area contributed by atoms with Crippen molar-refractivity contribution in [3.63, 3.8) is 0 Å². The maximum atomic E-state index is 5.83. The molecule has 3 heterocycles. The quantitative estimate of drug-likeness (QED) is 0.633. The van der Waals surface area contributed by atoms with Gasteiger partial charge in [0.1, 0.15) is 11.6 Å². The molecular formula is C26H43N7O. The van der Waals surface area contributed by atoms with E-state index in [-0.39, 0.29) is 0 Å². The first-order valence-electron chi connectivity index (χ1n) is 12.8. The van der Waals surface area contributed by atoms with E-state index >= 15 is 0 Å². The molecule has 8 heteroatoms. The largest absolute Gasteiger partial charge is 0.496 e. The predicted octanol–water partition coefficient (Wildman–Crippen LogP) is 2.78. The fraction of sp³-hybridized carbons (Fsp3) is 0.692. The lowest BCUT2D eigenvalue weighted by atomic mass is 10.0. The van der Waals surface area contributed by atoms with Gasteiger partial charge in [-0.25, -0.2) is 4.98 Å². The van der Waals surface area contributed by atoms with Gasteiger partial charge in [0.15, 0.2) is 0 Å². The zero-order valence-electron chi connectivity index (χ0n) is 21.8. The molecule has 0 spiro atoms. The Morgan fingerprint density at radius 2 is 1.76 bits per heavy atom. The van der Waals surface area contributed by atoms with E-state index in [1.54, 1.807) is 7.11 Å². The second kappa shape index (κ2) is 11.5. The molecule has 0 radical (unpaired) electrons. The minimum atomic E-state index is 0.433. The van der Waals surface area contributed by atoms with Crippen LogP contribution in [0.4, 0.5) is 11.8 Å². The molecule has 34 heavy (non-hydrogen) atoms. The van der Waals surface area contributed by atoms with Crippen molar-refractivity contribution in [2.24, 2.45) is 0 Å². The van der Waals surface area contributed by atoms with E-state index < -0.39 is 0 Å². The molecule has 8 nitrogen and oxygen atoms in total. The third-order valence-corrected chi connectivity index (χ3v) is 7.20. The molecule has 188 valence electrons. The van der Waals surface area contributed by atoms with Gasteiger partial charge in [-0.15, -0.1) is 0 Å². The maximum Gasteiger partial charge on any atom is 0.227 e. The van der Waals surface area contributed by atoms with E-state index in [1.165, 1.54) is 5.56 Å². The lowest BCUT2D eigenvalue weighted by molar-refractivity contribution is 0.264. The molecule has 1 aromatic heterocycles. The Labute approximate surface area is 205 Å². The average molecular weight is 470 g/mol. The topological polar surface area (TPSA) is 60.0 Å². The number of aromatic nitrogens is 2. The summed E-state index contributed by atoms with van der Waals surface area (Å²) in [6.07, 6.45) is 5.46. The van der Waals surface area contributed by atoms with Crippen molar-refractivity contribution in [2.75, 3.05) is 91.3 Å². The van der Waals surface area contributed by atoms with E-state index in [0.29, 0.717) is 6.04 Å². The van der Waals surface area contributed by atoms with Crippen LogP contribution in [0.2, 0.25) is 0 Å². The summed E-state index contributed by atoms with van der Waals surface area (Å²) in [4.78, 5) is 19.6. The highest BCUT2D eigenvalue weighted by atomic mass is 16.5. The molecule has 2 aromatic rings. The zero-order valence-corrected chi connectivity index (χ0v) is 21.8. The molecule has 4 rings (SSSR count). The number of hydrogen-bond acceptors (Lipinski definition) is 8. The maximum absolute atomic E-state index is 5.83. The second-order valence-corrected chi connectivity index (χ2v) is 10.3. The van der Waals surface area contributed by atoms with Crippen LogP contribution in [0.3, 0.4) is 0 Å². The van der Waals surface area contributed by atoms with E-state index in [9.17, 15) is 0 Å². The first-order chi connectivity index (χ1) is 16.4. The number of hydrogen-bond donors (Lipinski definition) is 1. The molecule has 0 unspecified atom stereocenters. The monoisotopic (exact) mass is 469 g/mol. The zero-order chi connectivity index (χ0) is 24.1. The molecule has 0 aliphatic carbocycles. The summed E-state index contributed by atoms with van der Waals surface area (Å²) in [7, 11) is 10.4. The van der Waals surface area contributed by atoms with Crippen LogP contribution in [0.5, 0.6) is 5.75 Å². The summed E-state index contributed by atoms with van der Waals surface area (Å²) < 4.78 is 5.83. The molecule has 0 amide bonds. The first kappa shape index (κ1) is 24.9. The predicted molar refractivity (Wildman–Crippen MR) is 141 cm³/mol. The van der Waals surface area contributed by atoms with Crippen LogP contribution >= 0.6 is 0 Å². The molecule has 1 aromatic carbocycles. The number of fused-ring (bicyclic) bond motifs is 1. The second-order valence-electron chi connectivity index (χ2n) is 10.3. The highest BCUT2D eigenvalue weighted by Gasteiger charge is 2.22. The van der Waals surface area contributed by atoms with Gasteiger partial charge in [-0.05, 0) is 104 Å². The molecule has 2 fully saturated rings. The molecule has 1 N–H and O–H groups in total. The van der Waals surface area contributed by atoms with Gasteiger partial charge in [0.05, 0.1) is 12.6 Å². The van der Waals surface area contributed by atoms with Crippen molar-refractivity contribution in [3.05, 3.63) is 17.7 Å². The van der Waals surface area contributed by atoms with Crippen LogP contribution in [-0.2, 0) is 6.42 Å². The standard InChI is InChI=1S/C26H43N7O/c1-30(2)11-6-8-20-18-23-22(19-24(20)34-5)25(27-21-9-14-32(4)15-10-21)29-26(28-23)33-13-7-12-31(3)16-17-33/h18-19,21H,6-17H2,1-5H3,(H,27,28,29). The Balaban J connectivity index is 1.69. The van der Waals surface area contributed by atoms with Gasteiger partial charge in [-0.3, -0.25) is 0 Å². The minimum absolute atomic E-state index is 0.433. The summed E-state index contributed by atoms with van der Waals surface area (Å²) in [5.74, 6) is 2.73. The third kappa shape index (κ3) is 6.29. The first-order valence-corrected chi connectivity index (χ1v) is 12.8. The molecular weight excluding hydrogens is 426 g/mol. The minimum Gasteiger partial charge on any atom is -0.496 e. The number of rotatable bonds is 8.